The Hall–Kier alpha value is -2.73. The lowest BCUT2D eigenvalue weighted by Gasteiger charge is -2.17. The summed E-state index contributed by atoms with van der Waals surface area (Å²) in [7, 11) is 1.59. The number of amides is 2. The number of methoxy groups -OCH3 is 1. The van der Waals surface area contributed by atoms with Gasteiger partial charge < -0.3 is 19.7 Å². The van der Waals surface area contributed by atoms with E-state index in [1.807, 2.05) is 26.0 Å². The van der Waals surface area contributed by atoms with E-state index < -0.39 is 5.92 Å². The molecule has 2 amide bonds. The highest BCUT2D eigenvalue weighted by Crippen LogP contribution is 2.30. The van der Waals surface area contributed by atoms with Gasteiger partial charge in [-0.2, -0.15) is 0 Å². The Bertz CT molecular complexity index is 867. The Morgan fingerprint density at radius 2 is 1.93 bits per heavy atom. The summed E-state index contributed by atoms with van der Waals surface area (Å²) in [5.41, 5.74) is 1.32. The van der Waals surface area contributed by atoms with Crippen LogP contribution >= 0.6 is 11.6 Å². The fraction of sp³-hybridized carbons (Fsp3) is 0.333. The van der Waals surface area contributed by atoms with Gasteiger partial charge in [-0.25, -0.2) is 0 Å². The molecular weight excluding hydrogens is 380 g/mol. The Labute approximate surface area is 169 Å². The molecule has 2 aromatic rings. The summed E-state index contributed by atoms with van der Waals surface area (Å²) < 4.78 is 10.7. The van der Waals surface area contributed by atoms with Crippen LogP contribution in [0.15, 0.2) is 42.5 Å². The van der Waals surface area contributed by atoms with E-state index in [0.29, 0.717) is 28.8 Å². The molecule has 0 aliphatic carbocycles. The van der Waals surface area contributed by atoms with Crippen molar-refractivity contribution < 1.29 is 19.1 Å². The molecule has 1 N–H and O–H groups in total. The summed E-state index contributed by atoms with van der Waals surface area (Å²) in [6.07, 6.45) is 0.173. The standard InChI is InChI=1S/C21H23ClN2O4/c1-13(2)28-19-9-4-15(11-18(19)22)23-21(26)14-10-20(25)24(12-14)16-5-7-17(27-3)8-6-16/h4-9,11,13-14H,10,12H2,1-3H3,(H,23,26). The number of hydrogen-bond donors (Lipinski definition) is 1. The highest BCUT2D eigenvalue weighted by atomic mass is 35.5. The van der Waals surface area contributed by atoms with E-state index >= 15 is 0 Å². The maximum Gasteiger partial charge on any atom is 0.229 e. The number of nitrogens with zero attached hydrogens (tertiary/aromatic N) is 1. The third kappa shape index (κ3) is 4.57. The first kappa shape index (κ1) is 20.0. The normalized spacial score (nSPS) is 16.4. The lowest BCUT2D eigenvalue weighted by molar-refractivity contribution is -0.122. The number of nitrogens with one attached hydrogen (secondary N) is 1. The molecular formula is C21H23ClN2O4. The first-order chi connectivity index (χ1) is 13.4. The first-order valence-electron chi connectivity index (χ1n) is 9.09. The molecule has 2 aromatic carbocycles. The molecule has 6 nitrogen and oxygen atoms in total. The van der Waals surface area contributed by atoms with E-state index in [1.165, 1.54) is 0 Å². The van der Waals surface area contributed by atoms with Gasteiger partial charge in [0.2, 0.25) is 11.8 Å². The van der Waals surface area contributed by atoms with Gasteiger partial charge in [0.15, 0.2) is 0 Å². The second kappa shape index (κ2) is 8.52. The summed E-state index contributed by atoms with van der Waals surface area (Å²) in [4.78, 5) is 26.6. The first-order valence-corrected chi connectivity index (χ1v) is 9.46. The van der Waals surface area contributed by atoms with E-state index in [0.717, 1.165) is 5.69 Å². The summed E-state index contributed by atoms with van der Waals surface area (Å²) in [6.45, 7) is 4.16. The molecule has 3 rings (SSSR count). The predicted octanol–water partition coefficient (Wildman–Crippen LogP) is 4.13. The number of carbonyl (C=O) groups excluding carboxylic acids is 2. The number of benzene rings is 2. The van der Waals surface area contributed by atoms with Gasteiger partial charge in [0, 0.05) is 24.3 Å². The number of carbonyl (C=O) groups is 2. The minimum absolute atomic E-state index is 0.00591. The molecule has 0 spiro atoms. The molecule has 28 heavy (non-hydrogen) atoms. The number of hydrogen-bond acceptors (Lipinski definition) is 4. The number of halogens is 1. The van der Waals surface area contributed by atoms with Crippen LogP contribution in [0, 0.1) is 5.92 Å². The monoisotopic (exact) mass is 402 g/mol. The third-order valence-electron chi connectivity index (χ3n) is 4.44. The number of anilines is 2. The average Bonchev–Trinajstić information content (AvgIpc) is 3.05. The van der Waals surface area contributed by atoms with Crippen LogP contribution in [0.4, 0.5) is 11.4 Å². The third-order valence-corrected chi connectivity index (χ3v) is 4.74. The molecule has 0 radical (unpaired) electrons. The van der Waals surface area contributed by atoms with Crippen LogP contribution in [0.2, 0.25) is 5.02 Å². The van der Waals surface area contributed by atoms with Gasteiger partial charge in [-0.15, -0.1) is 0 Å². The molecule has 1 unspecified atom stereocenters. The minimum Gasteiger partial charge on any atom is -0.497 e. The summed E-state index contributed by atoms with van der Waals surface area (Å²) in [5, 5.41) is 3.26. The van der Waals surface area contributed by atoms with E-state index in [2.05, 4.69) is 5.32 Å². The van der Waals surface area contributed by atoms with Crippen LogP contribution in [0.5, 0.6) is 11.5 Å². The van der Waals surface area contributed by atoms with Gasteiger partial charge in [-0.05, 0) is 56.3 Å². The van der Waals surface area contributed by atoms with Crippen LogP contribution in [0.1, 0.15) is 20.3 Å². The summed E-state index contributed by atoms with van der Waals surface area (Å²) in [5.74, 6) is 0.560. The topological polar surface area (TPSA) is 67.9 Å². The number of ether oxygens (including phenoxy) is 2. The lowest BCUT2D eigenvalue weighted by atomic mass is 10.1. The van der Waals surface area contributed by atoms with E-state index in [-0.39, 0.29) is 24.3 Å². The Kier molecular flexibility index (Phi) is 6.09. The molecule has 0 bridgehead atoms. The Balaban J connectivity index is 1.65. The van der Waals surface area contributed by atoms with Gasteiger partial charge in [0.05, 0.1) is 24.2 Å². The van der Waals surface area contributed by atoms with Gasteiger partial charge >= 0.3 is 0 Å². The highest BCUT2D eigenvalue weighted by molar-refractivity contribution is 6.32. The predicted molar refractivity (Wildman–Crippen MR) is 109 cm³/mol. The zero-order valence-electron chi connectivity index (χ0n) is 16.1. The second-order valence-electron chi connectivity index (χ2n) is 6.90. The van der Waals surface area contributed by atoms with Crippen molar-refractivity contribution in [1.29, 1.82) is 0 Å². The van der Waals surface area contributed by atoms with Crippen molar-refractivity contribution in [2.75, 3.05) is 23.9 Å². The second-order valence-corrected chi connectivity index (χ2v) is 7.31. The maximum atomic E-state index is 12.6. The molecule has 7 heteroatoms. The van der Waals surface area contributed by atoms with Crippen molar-refractivity contribution in [1.82, 2.24) is 0 Å². The minimum atomic E-state index is -0.431. The average molecular weight is 403 g/mol. The Morgan fingerprint density at radius 3 is 2.54 bits per heavy atom. The van der Waals surface area contributed by atoms with Crippen molar-refractivity contribution >= 4 is 34.8 Å². The van der Waals surface area contributed by atoms with Gasteiger partial charge in [-0.1, -0.05) is 11.6 Å². The molecule has 1 heterocycles. The highest BCUT2D eigenvalue weighted by Gasteiger charge is 2.35. The molecule has 0 aromatic heterocycles. The van der Waals surface area contributed by atoms with E-state index in [1.54, 1.807) is 42.3 Å². The zero-order valence-corrected chi connectivity index (χ0v) is 16.8. The summed E-state index contributed by atoms with van der Waals surface area (Å²) in [6, 6.07) is 12.3. The van der Waals surface area contributed by atoms with Crippen molar-refractivity contribution in [3.8, 4) is 11.5 Å². The van der Waals surface area contributed by atoms with E-state index in [9.17, 15) is 9.59 Å². The summed E-state index contributed by atoms with van der Waals surface area (Å²) >= 11 is 6.22. The fourth-order valence-electron chi connectivity index (χ4n) is 3.07. The van der Waals surface area contributed by atoms with Crippen molar-refractivity contribution in [2.45, 2.75) is 26.4 Å². The van der Waals surface area contributed by atoms with Crippen LogP contribution in [-0.2, 0) is 9.59 Å². The van der Waals surface area contributed by atoms with Crippen molar-refractivity contribution in [3.63, 3.8) is 0 Å². The van der Waals surface area contributed by atoms with Crippen LogP contribution < -0.4 is 19.7 Å². The van der Waals surface area contributed by atoms with Crippen LogP contribution in [-0.4, -0.2) is 31.6 Å². The lowest BCUT2D eigenvalue weighted by Crippen LogP contribution is -2.28. The molecule has 0 saturated carbocycles. The quantitative estimate of drug-likeness (QED) is 0.788. The molecule has 1 aliphatic heterocycles. The SMILES string of the molecule is COc1ccc(N2CC(C(=O)Nc3ccc(OC(C)C)c(Cl)c3)CC2=O)cc1. The zero-order chi connectivity index (χ0) is 20.3. The van der Waals surface area contributed by atoms with Crippen molar-refractivity contribution in [2.24, 2.45) is 5.92 Å². The van der Waals surface area contributed by atoms with Gasteiger partial charge in [0.25, 0.3) is 0 Å². The molecule has 1 atom stereocenters. The van der Waals surface area contributed by atoms with Crippen LogP contribution in [0.3, 0.4) is 0 Å². The molecule has 1 fully saturated rings. The molecule has 148 valence electrons. The smallest absolute Gasteiger partial charge is 0.229 e. The van der Waals surface area contributed by atoms with Crippen LogP contribution in [0.25, 0.3) is 0 Å². The van der Waals surface area contributed by atoms with Gasteiger partial charge in [-0.3, -0.25) is 9.59 Å². The van der Waals surface area contributed by atoms with E-state index in [4.69, 9.17) is 21.1 Å². The fourth-order valence-corrected chi connectivity index (χ4v) is 3.29. The molecule has 1 saturated heterocycles. The molecule has 1 aliphatic rings. The Morgan fingerprint density at radius 1 is 1.21 bits per heavy atom. The van der Waals surface area contributed by atoms with Crippen molar-refractivity contribution in [3.05, 3.63) is 47.5 Å². The van der Waals surface area contributed by atoms with Gasteiger partial charge in [0.1, 0.15) is 11.5 Å². The maximum absolute atomic E-state index is 12.6. The largest absolute Gasteiger partial charge is 0.497 e. The number of rotatable bonds is 6.